The van der Waals surface area contributed by atoms with Crippen LogP contribution in [0.2, 0.25) is 0 Å². The van der Waals surface area contributed by atoms with Crippen LogP contribution in [0.25, 0.3) is 0 Å². The summed E-state index contributed by atoms with van der Waals surface area (Å²) in [4.78, 5) is 12.6. The lowest BCUT2D eigenvalue weighted by Crippen LogP contribution is -2.09. The van der Waals surface area contributed by atoms with E-state index in [-0.39, 0.29) is 5.78 Å². The second-order valence-corrected chi connectivity index (χ2v) is 7.39. The third kappa shape index (κ3) is 6.33. The average molecular weight is 392 g/mol. The van der Waals surface area contributed by atoms with Crippen LogP contribution in [0.15, 0.2) is 30.3 Å². The van der Waals surface area contributed by atoms with Gasteiger partial charge in [-0.1, -0.05) is 0 Å². The first kappa shape index (κ1) is 21.4. The molecule has 0 aliphatic heterocycles. The third-order valence-electron chi connectivity index (χ3n) is 4.39. The van der Waals surface area contributed by atoms with Crippen LogP contribution < -0.4 is 9.47 Å². The van der Waals surface area contributed by atoms with Crippen molar-refractivity contribution in [1.29, 1.82) is 0 Å². The molecule has 148 valence electrons. The van der Waals surface area contributed by atoms with Gasteiger partial charge in [0.2, 0.25) is 0 Å². The van der Waals surface area contributed by atoms with E-state index >= 15 is 0 Å². The molecule has 0 N–H and O–H groups in total. The van der Waals surface area contributed by atoms with Crippen molar-refractivity contribution in [2.24, 2.45) is 0 Å². The van der Waals surface area contributed by atoms with E-state index in [4.69, 9.17) is 14.2 Å². The molecule has 6 heteroatoms. The van der Waals surface area contributed by atoms with Crippen LogP contribution in [-0.4, -0.2) is 49.3 Å². The highest BCUT2D eigenvalue weighted by molar-refractivity contribution is 8.00. The van der Waals surface area contributed by atoms with Crippen molar-refractivity contribution in [2.75, 3.05) is 38.9 Å². The molecule has 0 aliphatic rings. The standard InChI is InChI=1S/C21H29NO4S/c1-16-14-20(17(2)22(16)10-5-11-24-3)21(23)15-27-13-12-26-19-8-6-18(25-4)7-9-19/h6-9,14H,5,10-13,15H2,1-4H3. The number of ether oxygens (including phenoxy) is 3. The minimum Gasteiger partial charge on any atom is -0.497 e. The number of hydrogen-bond acceptors (Lipinski definition) is 5. The van der Waals surface area contributed by atoms with Crippen molar-refractivity contribution >= 4 is 17.5 Å². The number of nitrogens with zero attached hydrogens (tertiary/aromatic N) is 1. The van der Waals surface area contributed by atoms with E-state index in [1.54, 1.807) is 26.0 Å². The fourth-order valence-corrected chi connectivity index (χ4v) is 3.61. The molecule has 27 heavy (non-hydrogen) atoms. The van der Waals surface area contributed by atoms with E-state index in [1.165, 1.54) is 0 Å². The van der Waals surface area contributed by atoms with E-state index in [9.17, 15) is 4.79 Å². The first-order valence-corrected chi connectivity index (χ1v) is 10.3. The molecule has 0 saturated carbocycles. The third-order valence-corrected chi connectivity index (χ3v) is 5.31. The first-order valence-electron chi connectivity index (χ1n) is 9.10. The Kier molecular flexibility index (Phi) is 8.75. The van der Waals surface area contributed by atoms with Crippen LogP contribution in [0, 0.1) is 13.8 Å². The van der Waals surface area contributed by atoms with Crippen LogP contribution >= 0.6 is 11.8 Å². The summed E-state index contributed by atoms with van der Waals surface area (Å²) in [6, 6.07) is 9.50. The molecular weight excluding hydrogens is 362 g/mol. The Balaban J connectivity index is 1.75. The van der Waals surface area contributed by atoms with Crippen LogP contribution in [-0.2, 0) is 11.3 Å². The number of ketones is 1. The number of aromatic nitrogens is 1. The number of aryl methyl sites for hydroxylation is 1. The zero-order valence-electron chi connectivity index (χ0n) is 16.6. The Morgan fingerprint density at radius 3 is 2.44 bits per heavy atom. The van der Waals surface area contributed by atoms with E-state index < -0.39 is 0 Å². The highest BCUT2D eigenvalue weighted by atomic mass is 32.2. The van der Waals surface area contributed by atoms with Crippen molar-refractivity contribution in [2.45, 2.75) is 26.8 Å². The molecule has 1 heterocycles. The van der Waals surface area contributed by atoms with Gasteiger partial charge in [0.25, 0.3) is 0 Å². The summed E-state index contributed by atoms with van der Waals surface area (Å²) in [7, 11) is 3.35. The molecule has 0 saturated heterocycles. The average Bonchev–Trinajstić information content (AvgIpc) is 2.96. The van der Waals surface area contributed by atoms with E-state index in [0.29, 0.717) is 12.4 Å². The summed E-state index contributed by atoms with van der Waals surface area (Å²) in [5.74, 6) is 3.03. The van der Waals surface area contributed by atoms with Gasteiger partial charge >= 0.3 is 0 Å². The highest BCUT2D eigenvalue weighted by Crippen LogP contribution is 2.19. The predicted octanol–water partition coefficient (Wildman–Crippen LogP) is 4.14. The summed E-state index contributed by atoms with van der Waals surface area (Å²) >= 11 is 1.60. The molecule has 0 unspecified atom stereocenters. The van der Waals surface area contributed by atoms with Crippen LogP contribution in [0.5, 0.6) is 11.5 Å². The van der Waals surface area contributed by atoms with Gasteiger partial charge in [0.1, 0.15) is 11.5 Å². The van der Waals surface area contributed by atoms with Crippen molar-refractivity contribution in [3.63, 3.8) is 0 Å². The molecule has 0 bridgehead atoms. The lowest BCUT2D eigenvalue weighted by atomic mass is 10.2. The van der Waals surface area contributed by atoms with Gasteiger partial charge in [-0.2, -0.15) is 11.8 Å². The molecule has 1 aromatic heterocycles. The summed E-state index contributed by atoms with van der Waals surface area (Å²) in [5, 5.41) is 0. The second kappa shape index (κ2) is 11.0. The molecule has 1 aromatic carbocycles. The number of Topliss-reactive ketones (excluding diaryl/α,β-unsaturated/α-hetero) is 1. The number of carbonyl (C=O) groups is 1. The van der Waals surface area contributed by atoms with Crippen LogP contribution in [0.3, 0.4) is 0 Å². The van der Waals surface area contributed by atoms with E-state index in [2.05, 4.69) is 4.57 Å². The van der Waals surface area contributed by atoms with Crippen molar-refractivity contribution < 1.29 is 19.0 Å². The zero-order chi connectivity index (χ0) is 19.6. The predicted molar refractivity (Wildman–Crippen MR) is 111 cm³/mol. The molecule has 0 atom stereocenters. The Bertz CT molecular complexity index is 725. The summed E-state index contributed by atoms with van der Waals surface area (Å²) < 4.78 is 18.1. The van der Waals surface area contributed by atoms with E-state index in [0.717, 1.165) is 53.8 Å². The molecular formula is C21H29NO4S. The van der Waals surface area contributed by atoms with Gasteiger partial charge < -0.3 is 18.8 Å². The Labute approximate surface area is 166 Å². The largest absolute Gasteiger partial charge is 0.497 e. The Morgan fingerprint density at radius 2 is 1.78 bits per heavy atom. The highest BCUT2D eigenvalue weighted by Gasteiger charge is 2.15. The van der Waals surface area contributed by atoms with Gasteiger partial charge in [-0.05, 0) is 50.6 Å². The number of thioether (sulfide) groups is 1. The van der Waals surface area contributed by atoms with Gasteiger partial charge in [0.15, 0.2) is 5.78 Å². The van der Waals surface area contributed by atoms with Gasteiger partial charge in [-0.25, -0.2) is 0 Å². The quantitative estimate of drug-likeness (QED) is 0.402. The fraction of sp³-hybridized carbons (Fsp3) is 0.476. The number of hydrogen-bond donors (Lipinski definition) is 0. The SMILES string of the molecule is COCCCn1c(C)cc(C(=O)CSCCOc2ccc(OC)cc2)c1C. The minimum absolute atomic E-state index is 0.176. The number of methoxy groups -OCH3 is 2. The zero-order valence-corrected chi connectivity index (χ0v) is 17.4. The summed E-state index contributed by atoms with van der Waals surface area (Å²) in [5.41, 5.74) is 3.00. The molecule has 0 aliphatic carbocycles. The molecule has 5 nitrogen and oxygen atoms in total. The number of benzene rings is 1. The van der Waals surface area contributed by atoms with Crippen molar-refractivity contribution in [3.8, 4) is 11.5 Å². The smallest absolute Gasteiger partial charge is 0.174 e. The summed E-state index contributed by atoms with van der Waals surface area (Å²) in [6.07, 6.45) is 0.942. The molecule has 2 aromatic rings. The molecule has 0 amide bonds. The van der Waals surface area contributed by atoms with E-state index in [1.807, 2.05) is 44.2 Å². The Hall–Kier alpha value is -1.92. The monoisotopic (exact) mass is 391 g/mol. The van der Waals surface area contributed by atoms with Crippen LogP contribution in [0.4, 0.5) is 0 Å². The Morgan fingerprint density at radius 1 is 1.07 bits per heavy atom. The molecule has 0 fully saturated rings. The molecule has 2 rings (SSSR count). The summed E-state index contributed by atoms with van der Waals surface area (Å²) in [6.45, 7) is 6.24. The van der Waals surface area contributed by atoms with Gasteiger partial charge in [-0.3, -0.25) is 4.79 Å². The molecule has 0 radical (unpaired) electrons. The van der Waals surface area contributed by atoms with Crippen molar-refractivity contribution in [1.82, 2.24) is 4.57 Å². The topological polar surface area (TPSA) is 49.7 Å². The second-order valence-electron chi connectivity index (χ2n) is 6.28. The van der Waals surface area contributed by atoms with Gasteiger partial charge in [0, 0.05) is 43.0 Å². The van der Waals surface area contributed by atoms with Gasteiger partial charge in [0.05, 0.1) is 19.5 Å². The number of carbonyl (C=O) groups excluding carboxylic acids is 1. The van der Waals surface area contributed by atoms with Gasteiger partial charge in [-0.15, -0.1) is 0 Å². The van der Waals surface area contributed by atoms with Crippen LogP contribution in [0.1, 0.15) is 28.2 Å². The molecule has 0 spiro atoms. The maximum atomic E-state index is 12.6. The fourth-order valence-electron chi connectivity index (χ4n) is 2.93. The minimum atomic E-state index is 0.176. The first-order chi connectivity index (χ1) is 13.1. The van der Waals surface area contributed by atoms with Crippen molar-refractivity contribution in [3.05, 3.63) is 47.3 Å². The lowest BCUT2D eigenvalue weighted by molar-refractivity contribution is 0.102. The maximum absolute atomic E-state index is 12.6. The lowest BCUT2D eigenvalue weighted by Gasteiger charge is -2.09. The normalized spacial score (nSPS) is 10.8. The number of rotatable bonds is 12. The maximum Gasteiger partial charge on any atom is 0.174 e.